The van der Waals surface area contributed by atoms with Crippen molar-refractivity contribution in [1.29, 1.82) is 5.26 Å². The number of benzene rings is 3. The second-order valence-corrected chi connectivity index (χ2v) is 21.8. The summed E-state index contributed by atoms with van der Waals surface area (Å²) in [5.41, 5.74) is 4.10. The number of aromatic nitrogens is 1. The highest BCUT2D eigenvalue weighted by atomic mass is 35.5. The number of thiazole rings is 1. The third-order valence-electron chi connectivity index (χ3n) is 13.3. The monoisotopic (exact) mass is 997 g/mol. The second-order valence-electron chi connectivity index (χ2n) is 20.6. The molecule has 1 unspecified atom stereocenters. The highest BCUT2D eigenvalue weighted by molar-refractivity contribution is 7.13. The number of carbonyl (C=O) groups is 4. The minimum absolute atomic E-state index is 0.0146. The summed E-state index contributed by atoms with van der Waals surface area (Å²) < 4.78 is 18.0. The third kappa shape index (κ3) is 12.8. The molecule has 0 radical (unpaired) electrons. The van der Waals surface area contributed by atoms with Crippen LogP contribution < -0.4 is 30.7 Å². The van der Waals surface area contributed by atoms with E-state index in [2.05, 4.69) is 60.0 Å². The number of halogens is 1. The van der Waals surface area contributed by atoms with Crippen LogP contribution >= 0.6 is 22.9 Å². The first-order valence-corrected chi connectivity index (χ1v) is 25.1. The molecule has 1 aliphatic carbocycles. The zero-order valence-corrected chi connectivity index (χ0v) is 43.3. The van der Waals surface area contributed by atoms with Crippen molar-refractivity contribution in [2.45, 2.75) is 117 Å². The molecule has 1 aliphatic heterocycles. The predicted octanol–water partition coefficient (Wildman–Crippen LogP) is 8.03. The van der Waals surface area contributed by atoms with Crippen molar-refractivity contribution in [2.24, 2.45) is 16.2 Å². The molecule has 2 aliphatic rings. The zero-order valence-electron chi connectivity index (χ0n) is 41.7. The van der Waals surface area contributed by atoms with Gasteiger partial charge in [0.2, 0.25) is 5.91 Å². The Hall–Kier alpha value is -5.57. The molecule has 0 bridgehead atoms. The van der Waals surface area contributed by atoms with Gasteiger partial charge >= 0.3 is 6.03 Å². The van der Waals surface area contributed by atoms with Gasteiger partial charge in [-0.2, -0.15) is 5.26 Å². The van der Waals surface area contributed by atoms with E-state index in [1.807, 2.05) is 57.5 Å². The molecule has 4 atom stereocenters. The largest absolute Gasteiger partial charge is 0.494 e. The molecule has 376 valence electrons. The Morgan fingerprint density at radius 2 is 1.63 bits per heavy atom. The van der Waals surface area contributed by atoms with Gasteiger partial charge in [-0.05, 0) is 86.2 Å². The molecule has 6 rings (SSSR count). The number of aliphatic hydroxyl groups excluding tert-OH is 1. The van der Waals surface area contributed by atoms with Crippen LogP contribution in [0.5, 0.6) is 11.5 Å². The maximum atomic E-state index is 14.2. The van der Waals surface area contributed by atoms with Crippen molar-refractivity contribution < 1.29 is 38.5 Å². The van der Waals surface area contributed by atoms with Crippen LogP contribution in [0.25, 0.3) is 10.4 Å². The number of ether oxygens (including phenoxy) is 3. The Labute approximate surface area is 421 Å². The minimum atomic E-state index is -0.941. The maximum absolute atomic E-state index is 14.2. The van der Waals surface area contributed by atoms with Gasteiger partial charge in [0.1, 0.15) is 30.3 Å². The van der Waals surface area contributed by atoms with E-state index >= 15 is 0 Å². The Morgan fingerprint density at radius 3 is 2.24 bits per heavy atom. The Bertz CT molecular complexity index is 2490. The van der Waals surface area contributed by atoms with E-state index in [1.54, 1.807) is 60.8 Å². The van der Waals surface area contributed by atoms with Crippen LogP contribution in [0, 0.1) is 34.5 Å². The van der Waals surface area contributed by atoms with E-state index in [-0.39, 0.29) is 43.4 Å². The van der Waals surface area contributed by atoms with Gasteiger partial charge in [-0.3, -0.25) is 14.4 Å². The molecule has 0 spiro atoms. The number of likely N-dealkylation sites (tertiary alicyclic amines) is 1. The number of urea groups is 1. The number of carbonyl (C=O) groups excluding carboxylic acids is 4. The van der Waals surface area contributed by atoms with Crippen LogP contribution in [-0.4, -0.2) is 109 Å². The van der Waals surface area contributed by atoms with E-state index in [4.69, 9.17) is 25.8 Å². The summed E-state index contributed by atoms with van der Waals surface area (Å²) >= 11 is 7.81. The predicted molar refractivity (Wildman–Crippen MR) is 271 cm³/mol. The Morgan fingerprint density at radius 1 is 0.957 bits per heavy atom. The number of likely N-dealkylation sites (N-methyl/N-ethyl adjacent to an activating group) is 1. The molecule has 4 amide bonds. The lowest BCUT2D eigenvalue weighted by atomic mass is 9.49. The van der Waals surface area contributed by atoms with Crippen LogP contribution in [0.15, 0.2) is 72.2 Å². The molecule has 1 aromatic heterocycles. The van der Waals surface area contributed by atoms with Crippen molar-refractivity contribution in [3.05, 3.63) is 99.6 Å². The molecule has 1 saturated heterocycles. The normalized spacial score (nSPS) is 20.1. The number of aliphatic hydroxyl groups is 1. The van der Waals surface area contributed by atoms with Crippen molar-refractivity contribution >= 4 is 46.6 Å². The molecular weight excluding hydrogens is 930 g/mol. The van der Waals surface area contributed by atoms with Gasteiger partial charge in [0.15, 0.2) is 5.78 Å². The van der Waals surface area contributed by atoms with E-state index in [9.17, 15) is 29.5 Å². The van der Waals surface area contributed by atoms with Gasteiger partial charge in [0, 0.05) is 54.6 Å². The van der Waals surface area contributed by atoms with E-state index in [0.29, 0.717) is 53.8 Å². The van der Waals surface area contributed by atoms with Crippen LogP contribution in [0.4, 0.5) is 4.79 Å². The molecule has 15 nitrogen and oxygen atoms in total. The van der Waals surface area contributed by atoms with E-state index in [0.717, 1.165) is 34.5 Å². The molecule has 17 heteroatoms. The fourth-order valence-electron chi connectivity index (χ4n) is 9.90. The fraction of sp³-hybridized carbons (Fsp3) is 0.509. The number of unbranched alkanes of at least 4 members (excludes halogenated alkanes) is 2. The van der Waals surface area contributed by atoms with Gasteiger partial charge < -0.3 is 45.5 Å². The first-order chi connectivity index (χ1) is 33.1. The number of nitrogens with one attached hydrogen (secondary N) is 4. The average molecular weight is 999 g/mol. The summed E-state index contributed by atoms with van der Waals surface area (Å²) in [5.74, 6) is 0.224. The smallest absolute Gasteiger partial charge is 0.318 e. The summed E-state index contributed by atoms with van der Waals surface area (Å²) in [6.45, 7) is 16.7. The van der Waals surface area contributed by atoms with E-state index in [1.165, 1.54) is 4.90 Å². The second kappa shape index (κ2) is 23.1. The molecule has 1 saturated carbocycles. The number of nitrogens with zero attached hydrogens (tertiary/aromatic N) is 3. The van der Waals surface area contributed by atoms with E-state index < -0.39 is 52.4 Å². The van der Waals surface area contributed by atoms with Crippen LogP contribution in [0.2, 0.25) is 5.02 Å². The lowest BCUT2D eigenvalue weighted by molar-refractivity contribution is -0.164. The number of β-amino-alcohol motifs (C(OH)–C–C–N with tert-alkyl or cyclic N) is 1. The fourth-order valence-corrected chi connectivity index (χ4v) is 10.9. The lowest BCUT2D eigenvalue weighted by Gasteiger charge is -2.63. The van der Waals surface area contributed by atoms with Gasteiger partial charge in [0.05, 0.1) is 57.5 Å². The highest BCUT2D eigenvalue weighted by Crippen LogP contribution is 2.55. The first-order valence-electron chi connectivity index (χ1n) is 23.9. The van der Waals surface area contributed by atoms with Crippen LogP contribution in [-0.2, 0) is 14.3 Å². The molecule has 70 heavy (non-hydrogen) atoms. The topological polar surface area (TPSA) is 204 Å². The average Bonchev–Trinajstić information content (AvgIpc) is 3.94. The molecular formula is C53H68ClN7O8S. The number of nitriles is 1. The summed E-state index contributed by atoms with van der Waals surface area (Å²) in [6, 6.07) is 19.1. The number of ketones is 1. The molecule has 3 aromatic carbocycles. The maximum Gasteiger partial charge on any atom is 0.318 e. The van der Waals surface area contributed by atoms with Crippen molar-refractivity contribution in [1.82, 2.24) is 31.2 Å². The minimum Gasteiger partial charge on any atom is -0.494 e. The summed E-state index contributed by atoms with van der Waals surface area (Å²) in [4.78, 5) is 61.4. The van der Waals surface area contributed by atoms with Crippen molar-refractivity contribution in [2.75, 3.05) is 40.0 Å². The Kier molecular flexibility index (Phi) is 17.8. The van der Waals surface area contributed by atoms with Gasteiger partial charge in [-0.15, -0.1) is 11.3 Å². The molecule has 4 aromatic rings. The van der Waals surface area contributed by atoms with Gasteiger partial charge in [-0.25, -0.2) is 9.78 Å². The number of hydrogen-bond donors (Lipinski definition) is 5. The lowest BCUT2D eigenvalue weighted by Crippen LogP contribution is -2.74. The van der Waals surface area contributed by atoms with Gasteiger partial charge in [-0.1, -0.05) is 84.3 Å². The summed E-state index contributed by atoms with van der Waals surface area (Å²) in [6.07, 6.45) is 1.17. The Balaban J connectivity index is 0.903. The highest BCUT2D eigenvalue weighted by Gasteiger charge is 2.64. The van der Waals surface area contributed by atoms with Gasteiger partial charge in [0.25, 0.3) is 5.91 Å². The van der Waals surface area contributed by atoms with Crippen LogP contribution in [0.3, 0.4) is 0 Å². The number of aryl methyl sites for hydroxylation is 1. The number of rotatable bonds is 21. The quantitative estimate of drug-likeness (QED) is 0.0506. The SMILES string of the molecule is CNC[C@@H](NC(=O)N1C[C@@H](O)CC1C(=O)[C@@H](NC(=O)COCCCCCOc1ccc(C(=O)NC2C(C)(C)C(Oc3ccc(C#N)c(Cl)c3)C2(C)C)cc1)C(C)(C)C)c1ccc(-c2scnc2C)cc1. The third-order valence-corrected chi connectivity index (χ3v) is 14.6. The molecule has 5 N–H and O–H groups in total. The van der Waals surface area contributed by atoms with Crippen molar-refractivity contribution in [3.63, 3.8) is 0 Å². The number of hydrogen-bond acceptors (Lipinski definition) is 12. The first kappa shape index (κ1) is 53.8. The number of amides is 4. The van der Waals surface area contributed by atoms with Crippen LogP contribution in [0.1, 0.15) is 107 Å². The molecule has 2 fully saturated rings. The summed E-state index contributed by atoms with van der Waals surface area (Å²) in [5, 5.41) is 32.5. The summed E-state index contributed by atoms with van der Waals surface area (Å²) in [7, 11) is 1.80. The standard InChI is InChI=1S/C53H68ClN7O8S/c1-32-45(70-31-57-32)34-15-13-33(14-16-34)41(28-56-9)58-50(66)61-29-37(62)25-42(61)44(64)46(51(2,3)4)59-43(63)30-67-23-11-10-12-24-68-38-20-17-35(18-21-38)47(65)60-48-52(5,6)49(53(48,7)8)69-39-22-19-36(27-55)40(54)26-39/h13-22,26,31,37,41-42,46,48-49,56,62H,10-12,23-25,28-30H2,1-9H3,(H,58,66)(H,59,63)(H,60,65)/t37-,41+,42?,46+,48?,49?/m0/s1. The van der Waals surface area contributed by atoms with Crippen molar-refractivity contribution in [3.8, 4) is 28.0 Å². The zero-order chi connectivity index (χ0) is 51.0. The molecule has 2 heterocycles. The number of Topliss-reactive ketones (excluding diaryl/α,β-unsaturated/α-hetero) is 1.